The van der Waals surface area contributed by atoms with Crippen molar-refractivity contribution in [3.8, 4) is 0 Å². The van der Waals surface area contributed by atoms with Gasteiger partial charge in [-0.15, -0.1) is 0 Å². The number of hydrogen-bond donors (Lipinski definition) is 1. The van der Waals surface area contributed by atoms with E-state index in [1.165, 1.54) is 12.1 Å². The lowest BCUT2D eigenvalue weighted by atomic mass is 10.0. The third kappa shape index (κ3) is 3.84. The first-order chi connectivity index (χ1) is 10.7. The van der Waals surface area contributed by atoms with Crippen molar-refractivity contribution in [1.29, 1.82) is 0 Å². The predicted octanol–water partition coefficient (Wildman–Crippen LogP) is 2.26. The molecule has 2 heterocycles. The maximum atomic E-state index is 13.0. The van der Waals surface area contributed by atoms with E-state index in [4.69, 9.17) is 4.74 Å². The van der Waals surface area contributed by atoms with Gasteiger partial charge in [0.2, 0.25) is 5.91 Å². The van der Waals surface area contributed by atoms with Crippen LogP contribution in [0.4, 0.5) is 4.39 Å². The van der Waals surface area contributed by atoms with Gasteiger partial charge in [0.15, 0.2) is 0 Å². The van der Waals surface area contributed by atoms with Crippen molar-refractivity contribution in [2.75, 3.05) is 26.2 Å². The summed E-state index contributed by atoms with van der Waals surface area (Å²) < 4.78 is 18.6. The number of hydrogen-bond acceptors (Lipinski definition) is 3. The fourth-order valence-electron chi connectivity index (χ4n) is 3.35. The van der Waals surface area contributed by atoms with E-state index in [0.717, 1.165) is 44.4 Å². The molecule has 22 heavy (non-hydrogen) atoms. The Bertz CT molecular complexity index is 500. The van der Waals surface area contributed by atoms with Crippen molar-refractivity contribution in [2.24, 2.45) is 0 Å². The number of amides is 1. The highest BCUT2D eigenvalue weighted by molar-refractivity contribution is 5.78. The minimum Gasteiger partial charge on any atom is -0.376 e. The average Bonchev–Trinajstić information content (AvgIpc) is 3.17. The second-order valence-corrected chi connectivity index (χ2v) is 6.12. The molecule has 1 aromatic rings. The molecule has 1 N–H and O–H groups in total. The first-order valence-corrected chi connectivity index (χ1v) is 8.10. The van der Waals surface area contributed by atoms with Crippen LogP contribution in [0, 0.1) is 5.82 Å². The summed E-state index contributed by atoms with van der Waals surface area (Å²) in [5, 5.41) is 2.97. The van der Waals surface area contributed by atoms with E-state index >= 15 is 0 Å². The predicted molar refractivity (Wildman–Crippen MR) is 81.9 cm³/mol. The molecule has 0 spiro atoms. The molecule has 1 amide bonds. The molecule has 2 aliphatic heterocycles. The van der Waals surface area contributed by atoms with Crippen LogP contribution in [0.2, 0.25) is 0 Å². The van der Waals surface area contributed by atoms with E-state index in [1.807, 2.05) is 12.1 Å². The summed E-state index contributed by atoms with van der Waals surface area (Å²) >= 11 is 0. The van der Waals surface area contributed by atoms with E-state index in [-0.39, 0.29) is 23.9 Å². The second kappa shape index (κ2) is 7.20. The molecule has 2 saturated heterocycles. The van der Waals surface area contributed by atoms with Crippen molar-refractivity contribution >= 4 is 5.91 Å². The zero-order chi connectivity index (χ0) is 15.4. The lowest BCUT2D eigenvalue weighted by Crippen LogP contribution is -2.39. The molecule has 2 atom stereocenters. The van der Waals surface area contributed by atoms with Crippen molar-refractivity contribution in [2.45, 2.75) is 37.8 Å². The van der Waals surface area contributed by atoms with Crippen LogP contribution in [0.5, 0.6) is 0 Å². The minimum absolute atomic E-state index is 0.0458. The Morgan fingerprint density at radius 2 is 2.09 bits per heavy atom. The van der Waals surface area contributed by atoms with E-state index in [1.54, 1.807) is 0 Å². The zero-order valence-corrected chi connectivity index (χ0v) is 12.8. The summed E-state index contributed by atoms with van der Waals surface area (Å²) in [6.07, 6.45) is 4.38. The lowest BCUT2D eigenvalue weighted by molar-refractivity contribution is -0.123. The highest BCUT2D eigenvalue weighted by Crippen LogP contribution is 2.31. The number of ether oxygens (including phenoxy) is 1. The standard InChI is InChI=1S/C17H23FN2O2/c18-14-7-5-13(6-8-14)16-4-1-9-20(16)12-17(21)19-11-15-3-2-10-22-15/h5-8,15-16H,1-4,9-12H2,(H,19,21). The molecule has 2 fully saturated rings. The quantitative estimate of drug-likeness (QED) is 0.907. The maximum absolute atomic E-state index is 13.0. The molecule has 0 aromatic heterocycles. The Hall–Kier alpha value is -1.46. The normalized spacial score (nSPS) is 25.5. The number of nitrogens with zero attached hydrogens (tertiary/aromatic N) is 1. The third-order valence-electron chi connectivity index (χ3n) is 4.52. The SMILES string of the molecule is O=C(CN1CCCC1c1ccc(F)cc1)NCC1CCCO1. The van der Waals surface area contributed by atoms with Gasteiger partial charge < -0.3 is 10.1 Å². The molecule has 4 nitrogen and oxygen atoms in total. The smallest absolute Gasteiger partial charge is 0.234 e. The van der Waals surface area contributed by atoms with Crippen molar-refractivity contribution in [1.82, 2.24) is 10.2 Å². The van der Waals surface area contributed by atoms with Gasteiger partial charge in [-0.2, -0.15) is 0 Å². The van der Waals surface area contributed by atoms with Crippen LogP contribution in [0.15, 0.2) is 24.3 Å². The van der Waals surface area contributed by atoms with Gasteiger partial charge in [-0.1, -0.05) is 12.1 Å². The zero-order valence-electron chi connectivity index (χ0n) is 12.8. The summed E-state index contributed by atoms with van der Waals surface area (Å²) in [5.74, 6) is -0.174. The first kappa shape index (κ1) is 15.4. The Balaban J connectivity index is 1.51. The number of likely N-dealkylation sites (tertiary alicyclic amines) is 1. The highest BCUT2D eigenvalue weighted by Gasteiger charge is 2.27. The fourth-order valence-corrected chi connectivity index (χ4v) is 3.35. The molecule has 120 valence electrons. The van der Waals surface area contributed by atoms with E-state index in [9.17, 15) is 9.18 Å². The summed E-state index contributed by atoms with van der Waals surface area (Å²) in [6.45, 7) is 2.72. The van der Waals surface area contributed by atoms with Gasteiger partial charge >= 0.3 is 0 Å². The third-order valence-corrected chi connectivity index (χ3v) is 4.52. The van der Waals surface area contributed by atoms with Gasteiger partial charge in [0.05, 0.1) is 12.6 Å². The monoisotopic (exact) mass is 306 g/mol. The van der Waals surface area contributed by atoms with E-state index in [0.29, 0.717) is 13.1 Å². The lowest BCUT2D eigenvalue weighted by Gasteiger charge is -2.24. The molecule has 1 aromatic carbocycles. The van der Waals surface area contributed by atoms with Crippen molar-refractivity contribution in [3.63, 3.8) is 0 Å². The molecule has 3 rings (SSSR count). The number of nitrogens with one attached hydrogen (secondary N) is 1. The van der Waals surface area contributed by atoms with Crippen molar-refractivity contribution in [3.05, 3.63) is 35.6 Å². The largest absolute Gasteiger partial charge is 0.376 e. The van der Waals surface area contributed by atoms with E-state index < -0.39 is 0 Å². The van der Waals surface area contributed by atoms with Gasteiger partial charge in [0.25, 0.3) is 0 Å². The fraction of sp³-hybridized carbons (Fsp3) is 0.588. The van der Waals surface area contributed by atoms with Crippen LogP contribution in [0.1, 0.15) is 37.3 Å². The topological polar surface area (TPSA) is 41.6 Å². The van der Waals surface area contributed by atoms with Crippen LogP contribution in [0.25, 0.3) is 0 Å². The van der Waals surface area contributed by atoms with Crippen LogP contribution in [-0.2, 0) is 9.53 Å². The van der Waals surface area contributed by atoms with Gasteiger partial charge in [-0.3, -0.25) is 9.69 Å². The molecular weight excluding hydrogens is 283 g/mol. The highest BCUT2D eigenvalue weighted by atomic mass is 19.1. The number of carbonyl (C=O) groups excluding carboxylic acids is 1. The first-order valence-electron chi connectivity index (χ1n) is 8.10. The summed E-state index contributed by atoms with van der Waals surface area (Å²) in [6, 6.07) is 6.84. The number of benzene rings is 1. The van der Waals surface area contributed by atoms with Gasteiger partial charge in [0.1, 0.15) is 5.82 Å². The Kier molecular flexibility index (Phi) is 5.05. The number of rotatable bonds is 5. The second-order valence-electron chi connectivity index (χ2n) is 6.12. The average molecular weight is 306 g/mol. The van der Waals surface area contributed by atoms with Crippen LogP contribution in [0.3, 0.4) is 0 Å². The molecular formula is C17H23FN2O2. The Morgan fingerprint density at radius 1 is 1.27 bits per heavy atom. The molecule has 2 aliphatic rings. The van der Waals surface area contributed by atoms with Gasteiger partial charge in [-0.25, -0.2) is 4.39 Å². The Labute approximate surface area is 130 Å². The Morgan fingerprint density at radius 3 is 2.82 bits per heavy atom. The summed E-state index contributed by atoms with van der Waals surface area (Å²) in [4.78, 5) is 14.3. The number of carbonyl (C=O) groups is 1. The van der Waals surface area contributed by atoms with Crippen molar-refractivity contribution < 1.29 is 13.9 Å². The minimum atomic E-state index is -0.220. The maximum Gasteiger partial charge on any atom is 0.234 e. The van der Waals surface area contributed by atoms with Crippen LogP contribution in [-0.4, -0.2) is 43.2 Å². The van der Waals surface area contributed by atoms with Gasteiger partial charge in [0, 0.05) is 19.2 Å². The molecule has 5 heteroatoms. The van der Waals surface area contributed by atoms with Gasteiger partial charge in [-0.05, 0) is 49.9 Å². The van der Waals surface area contributed by atoms with Crippen LogP contribution >= 0.6 is 0 Å². The number of halogens is 1. The molecule has 0 saturated carbocycles. The van der Waals surface area contributed by atoms with E-state index in [2.05, 4.69) is 10.2 Å². The summed E-state index contributed by atoms with van der Waals surface area (Å²) in [5.41, 5.74) is 1.09. The molecule has 0 aliphatic carbocycles. The molecule has 0 radical (unpaired) electrons. The van der Waals surface area contributed by atoms with Crippen LogP contribution < -0.4 is 5.32 Å². The molecule has 2 unspecified atom stereocenters. The summed E-state index contributed by atoms with van der Waals surface area (Å²) in [7, 11) is 0. The molecule has 0 bridgehead atoms.